The smallest absolute Gasteiger partial charge is 0.269 e. The molecule has 0 aliphatic rings. The van der Waals surface area contributed by atoms with E-state index in [2.05, 4.69) is 10.1 Å². The minimum atomic E-state index is -0.639. The normalized spacial score (nSPS) is 10.9. The molecule has 2 heterocycles. The van der Waals surface area contributed by atoms with Crippen LogP contribution in [0.3, 0.4) is 0 Å². The molecule has 7 nitrogen and oxygen atoms in total. The predicted molar refractivity (Wildman–Crippen MR) is 111 cm³/mol. The second kappa shape index (κ2) is 7.44. The molecule has 0 bridgehead atoms. The average Bonchev–Trinajstić information content (AvgIpc) is 3.17. The maximum absolute atomic E-state index is 11.9. The number of nitrogens with zero attached hydrogens (tertiary/aromatic N) is 3. The summed E-state index contributed by atoms with van der Waals surface area (Å²) < 4.78 is 12.7. The highest BCUT2D eigenvalue weighted by Gasteiger charge is 2.22. The number of halogens is 1. The first-order valence-corrected chi connectivity index (χ1v) is 9.07. The molecule has 0 aliphatic heterocycles. The molecule has 146 valence electrons. The maximum Gasteiger partial charge on any atom is 0.269 e. The van der Waals surface area contributed by atoms with Gasteiger partial charge in [0.25, 0.3) is 5.91 Å². The van der Waals surface area contributed by atoms with Crippen LogP contribution in [0.15, 0.2) is 54.7 Å². The molecule has 0 spiro atoms. The number of amides is 1. The van der Waals surface area contributed by atoms with E-state index in [0.717, 1.165) is 5.39 Å². The molecule has 2 aromatic carbocycles. The van der Waals surface area contributed by atoms with Gasteiger partial charge in [0.05, 0.1) is 36.7 Å². The molecule has 0 unspecified atom stereocenters. The number of carbonyl (C=O) groups is 1. The van der Waals surface area contributed by atoms with Crippen molar-refractivity contribution in [2.45, 2.75) is 0 Å². The molecule has 4 aromatic rings. The van der Waals surface area contributed by atoms with E-state index in [-0.39, 0.29) is 5.69 Å². The van der Waals surface area contributed by atoms with Gasteiger partial charge in [0.15, 0.2) is 5.69 Å². The third kappa shape index (κ3) is 3.25. The fourth-order valence-corrected chi connectivity index (χ4v) is 3.42. The third-order valence-electron chi connectivity index (χ3n) is 4.56. The zero-order chi connectivity index (χ0) is 20.5. The number of nitrogens with two attached hydrogens (primary N) is 1. The summed E-state index contributed by atoms with van der Waals surface area (Å²) in [6.07, 6.45) is 1.66. The number of primary amides is 1. The van der Waals surface area contributed by atoms with Crippen LogP contribution in [0.5, 0.6) is 11.5 Å². The first kappa shape index (κ1) is 18.8. The van der Waals surface area contributed by atoms with Crippen molar-refractivity contribution in [2.75, 3.05) is 14.2 Å². The highest BCUT2D eigenvalue weighted by atomic mass is 35.5. The van der Waals surface area contributed by atoms with Crippen LogP contribution < -0.4 is 15.2 Å². The van der Waals surface area contributed by atoms with Gasteiger partial charge in [-0.05, 0) is 42.5 Å². The van der Waals surface area contributed by atoms with Gasteiger partial charge in [0.2, 0.25) is 0 Å². The lowest BCUT2D eigenvalue weighted by Crippen LogP contribution is -2.12. The molecule has 0 atom stereocenters. The van der Waals surface area contributed by atoms with E-state index >= 15 is 0 Å². The first-order valence-electron chi connectivity index (χ1n) is 8.69. The van der Waals surface area contributed by atoms with Crippen LogP contribution in [0.4, 0.5) is 0 Å². The Balaban J connectivity index is 2.07. The Bertz CT molecular complexity index is 1210. The van der Waals surface area contributed by atoms with Gasteiger partial charge < -0.3 is 15.2 Å². The fourth-order valence-electron chi connectivity index (χ4n) is 3.26. The van der Waals surface area contributed by atoms with Crippen molar-refractivity contribution in [3.05, 3.63) is 65.4 Å². The molecule has 0 radical (unpaired) electrons. The monoisotopic (exact) mass is 408 g/mol. The summed E-state index contributed by atoms with van der Waals surface area (Å²) >= 11 is 6.11. The number of hydrogen-bond acceptors (Lipinski definition) is 5. The van der Waals surface area contributed by atoms with Gasteiger partial charge in [-0.3, -0.25) is 9.78 Å². The largest absolute Gasteiger partial charge is 0.496 e. The van der Waals surface area contributed by atoms with Gasteiger partial charge in [-0.25, -0.2) is 4.68 Å². The molecule has 29 heavy (non-hydrogen) atoms. The SMILES string of the molecule is COc1cccc(OC)c1-c1cc(C(N)=O)nn1-c1ccnc2cc(Cl)ccc12. The van der Waals surface area contributed by atoms with E-state index in [9.17, 15) is 4.79 Å². The second-order valence-electron chi connectivity index (χ2n) is 6.22. The fraction of sp³-hybridized carbons (Fsp3) is 0.0952. The summed E-state index contributed by atoms with van der Waals surface area (Å²) in [5.41, 5.74) is 8.29. The highest BCUT2D eigenvalue weighted by Crippen LogP contribution is 2.40. The number of ether oxygens (including phenoxy) is 2. The molecule has 0 aliphatic carbocycles. The Kier molecular flexibility index (Phi) is 4.82. The molecule has 0 fully saturated rings. The summed E-state index contributed by atoms with van der Waals surface area (Å²) in [7, 11) is 3.13. The number of hydrogen-bond donors (Lipinski definition) is 1. The Morgan fingerprint density at radius 1 is 1.07 bits per heavy atom. The van der Waals surface area contributed by atoms with Crippen molar-refractivity contribution in [2.24, 2.45) is 5.73 Å². The number of fused-ring (bicyclic) bond motifs is 1. The Hall–Kier alpha value is -3.58. The summed E-state index contributed by atoms with van der Waals surface area (Å²) in [5, 5.41) is 5.84. The summed E-state index contributed by atoms with van der Waals surface area (Å²) in [4.78, 5) is 16.3. The lowest BCUT2D eigenvalue weighted by molar-refractivity contribution is 0.0995. The number of carbonyl (C=O) groups excluding carboxylic acids is 1. The van der Waals surface area contributed by atoms with E-state index in [1.807, 2.05) is 24.3 Å². The van der Waals surface area contributed by atoms with Crippen molar-refractivity contribution < 1.29 is 14.3 Å². The van der Waals surface area contributed by atoms with Gasteiger partial charge in [-0.1, -0.05) is 17.7 Å². The van der Waals surface area contributed by atoms with Crippen LogP contribution in [-0.4, -0.2) is 34.9 Å². The van der Waals surface area contributed by atoms with Crippen LogP contribution in [-0.2, 0) is 0 Å². The molecule has 4 rings (SSSR count). The average molecular weight is 409 g/mol. The minimum Gasteiger partial charge on any atom is -0.496 e. The molecule has 8 heteroatoms. The lowest BCUT2D eigenvalue weighted by atomic mass is 10.1. The van der Waals surface area contributed by atoms with E-state index in [0.29, 0.717) is 39.0 Å². The van der Waals surface area contributed by atoms with Gasteiger partial charge in [-0.15, -0.1) is 0 Å². The first-order chi connectivity index (χ1) is 14.0. The van der Waals surface area contributed by atoms with E-state index in [4.69, 9.17) is 26.8 Å². The standard InChI is InChI=1S/C21H17ClN4O3/c1-28-18-4-3-5-19(29-2)20(18)17-11-15(21(23)27)25-26(17)16-8-9-24-14-10-12(22)6-7-13(14)16/h3-11H,1-2H3,(H2,23,27). The van der Waals surface area contributed by atoms with Gasteiger partial charge in [-0.2, -0.15) is 5.10 Å². The molecule has 0 saturated carbocycles. The van der Waals surface area contributed by atoms with Crippen molar-refractivity contribution in [3.63, 3.8) is 0 Å². The van der Waals surface area contributed by atoms with Crippen LogP contribution >= 0.6 is 11.6 Å². The Morgan fingerprint density at radius 2 is 1.79 bits per heavy atom. The van der Waals surface area contributed by atoms with Gasteiger partial charge >= 0.3 is 0 Å². The van der Waals surface area contributed by atoms with Gasteiger partial charge in [0, 0.05) is 16.6 Å². The molecular formula is C21H17ClN4O3. The second-order valence-corrected chi connectivity index (χ2v) is 6.66. The summed E-state index contributed by atoms with van der Waals surface area (Å²) in [6.45, 7) is 0. The highest BCUT2D eigenvalue weighted by molar-refractivity contribution is 6.31. The number of aromatic nitrogens is 3. The van der Waals surface area contributed by atoms with Crippen molar-refractivity contribution in [1.82, 2.24) is 14.8 Å². The van der Waals surface area contributed by atoms with Crippen LogP contribution in [0.25, 0.3) is 27.8 Å². The zero-order valence-corrected chi connectivity index (χ0v) is 16.5. The minimum absolute atomic E-state index is 0.117. The third-order valence-corrected chi connectivity index (χ3v) is 4.79. The van der Waals surface area contributed by atoms with Crippen molar-refractivity contribution in [1.29, 1.82) is 0 Å². The van der Waals surface area contributed by atoms with Crippen LogP contribution in [0, 0.1) is 0 Å². The number of benzene rings is 2. The zero-order valence-electron chi connectivity index (χ0n) is 15.7. The Labute approximate surface area is 171 Å². The van der Waals surface area contributed by atoms with E-state index in [1.54, 1.807) is 49.4 Å². The topological polar surface area (TPSA) is 92.3 Å². The quantitative estimate of drug-likeness (QED) is 0.541. The van der Waals surface area contributed by atoms with E-state index < -0.39 is 5.91 Å². The number of pyridine rings is 1. The van der Waals surface area contributed by atoms with E-state index in [1.165, 1.54) is 0 Å². The molecular weight excluding hydrogens is 392 g/mol. The number of methoxy groups -OCH3 is 2. The molecule has 2 aromatic heterocycles. The van der Waals surface area contributed by atoms with Crippen molar-refractivity contribution in [3.8, 4) is 28.4 Å². The number of rotatable bonds is 5. The van der Waals surface area contributed by atoms with Crippen LogP contribution in [0.1, 0.15) is 10.5 Å². The molecule has 2 N–H and O–H groups in total. The maximum atomic E-state index is 11.9. The molecule has 1 amide bonds. The lowest BCUT2D eigenvalue weighted by Gasteiger charge is -2.15. The Morgan fingerprint density at radius 3 is 2.45 bits per heavy atom. The summed E-state index contributed by atoms with van der Waals surface area (Å²) in [6, 6.07) is 14.3. The van der Waals surface area contributed by atoms with Gasteiger partial charge in [0.1, 0.15) is 11.5 Å². The van der Waals surface area contributed by atoms with Crippen molar-refractivity contribution >= 4 is 28.4 Å². The van der Waals surface area contributed by atoms with Crippen LogP contribution in [0.2, 0.25) is 5.02 Å². The predicted octanol–water partition coefficient (Wildman–Crippen LogP) is 3.86. The summed E-state index contributed by atoms with van der Waals surface area (Å²) in [5.74, 6) is 0.506. The molecule has 0 saturated heterocycles.